The number of aromatic nitrogens is 3. The van der Waals surface area contributed by atoms with Crippen LogP contribution in [0.3, 0.4) is 0 Å². The van der Waals surface area contributed by atoms with Crippen LogP contribution in [0.4, 0.5) is 5.69 Å². The largest absolute Gasteiger partial charge is 0.322 e. The fourth-order valence-corrected chi connectivity index (χ4v) is 4.23. The van der Waals surface area contributed by atoms with Crippen molar-refractivity contribution in [2.75, 3.05) is 11.6 Å². The maximum absolute atomic E-state index is 13.0. The van der Waals surface area contributed by atoms with E-state index in [-0.39, 0.29) is 5.91 Å². The molecule has 0 unspecified atom stereocenters. The quantitative estimate of drug-likeness (QED) is 0.627. The third-order valence-corrected chi connectivity index (χ3v) is 5.85. The first-order chi connectivity index (χ1) is 13.2. The number of halogens is 1. The molecule has 0 atom stereocenters. The fourth-order valence-electron chi connectivity index (χ4n) is 3.55. The molecule has 1 aliphatic rings. The lowest BCUT2D eigenvalue weighted by molar-refractivity contribution is 0.102. The summed E-state index contributed by atoms with van der Waals surface area (Å²) in [5, 5.41) is 9.00. The topological polar surface area (TPSA) is 59.3 Å². The van der Waals surface area contributed by atoms with Gasteiger partial charge in [-0.05, 0) is 61.8 Å². The number of thioether (sulfide) groups is 1. The molecule has 4 rings (SSSR count). The Morgan fingerprint density at radius 1 is 1.15 bits per heavy atom. The van der Waals surface area contributed by atoms with E-state index >= 15 is 0 Å². The number of amides is 1. The maximum atomic E-state index is 13.0. The van der Waals surface area contributed by atoms with Gasteiger partial charge < -0.3 is 5.32 Å². The molecule has 0 radical (unpaired) electrons. The number of benzene rings is 1. The summed E-state index contributed by atoms with van der Waals surface area (Å²) in [5.74, 6) is -0.199. The highest BCUT2D eigenvalue weighted by molar-refractivity contribution is 7.98. The van der Waals surface area contributed by atoms with Crippen molar-refractivity contribution in [3.05, 3.63) is 52.3 Å². The zero-order valence-corrected chi connectivity index (χ0v) is 16.7. The van der Waals surface area contributed by atoms with Crippen LogP contribution in [0, 0.1) is 0 Å². The number of anilines is 1. The van der Waals surface area contributed by atoms with E-state index in [1.54, 1.807) is 24.3 Å². The third-order valence-electron chi connectivity index (χ3n) is 4.93. The molecule has 0 aliphatic heterocycles. The van der Waals surface area contributed by atoms with Gasteiger partial charge in [0.15, 0.2) is 5.65 Å². The number of nitrogens with one attached hydrogen (secondary N) is 1. The Labute approximate surface area is 167 Å². The molecule has 0 fully saturated rings. The van der Waals surface area contributed by atoms with Crippen molar-refractivity contribution < 1.29 is 4.79 Å². The van der Waals surface area contributed by atoms with E-state index in [9.17, 15) is 4.79 Å². The Bertz CT molecular complexity index is 984. The summed E-state index contributed by atoms with van der Waals surface area (Å²) >= 11 is 7.40. The molecule has 27 heavy (non-hydrogen) atoms. The van der Waals surface area contributed by atoms with Gasteiger partial charge in [-0.3, -0.25) is 4.79 Å². The van der Waals surface area contributed by atoms with E-state index in [1.165, 1.54) is 42.3 Å². The van der Waals surface area contributed by atoms with Gasteiger partial charge in [0.2, 0.25) is 0 Å². The number of fused-ring (bicyclic) bond motifs is 3. The van der Waals surface area contributed by atoms with Crippen LogP contribution < -0.4 is 5.32 Å². The summed E-state index contributed by atoms with van der Waals surface area (Å²) in [7, 11) is 0. The van der Waals surface area contributed by atoms with E-state index < -0.39 is 0 Å². The van der Waals surface area contributed by atoms with Gasteiger partial charge in [0, 0.05) is 22.6 Å². The van der Waals surface area contributed by atoms with Crippen molar-refractivity contribution in [1.82, 2.24) is 14.6 Å². The predicted octanol–water partition coefficient (Wildman–Crippen LogP) is 5.02. The number of hydrogen-bond donors (Lipinski definition) is 1. The lowest BCUT2D eigenvalue weighted by Crippen LogP contribution is -2.14. The molecule has 1 aliphatic carbocycles. The average molecular weight is 401 g/mol. The summed E-state index contributed by atoms with van der Waals surface area (Å²) < 4.78 is 1.89. The number of rotatable bonds is 3. The van der Waals surface area contributed by atoms with Crippen LogP contribution in [0.15, 0.2) is 35.5 Å². The van der Waals surface area contributed by atoms with Crippen molar-refractivity contribution in [2.45, 2.75) is 43.6 Å². The number of aryl methyl sites for hydroxylation is 2. The molecular formula is C20H21ClN4OS. The van der Waals surface area contributed by atoms with Crippen LogP contribution in [-0.4, -0.2) is 26.8 Å². The first-order valence-electron chi connectivity index (χ1n) is 9.18. The van der Waals surface area contributed by atoms with Crippen LogP contribution in [0.2, 0.25) is 5.02 Å². The molecule has 0 spiro atoms. The zero-order valence-electron chi connectivity index (χ0n) is 15.2. The Morgan fingerprint density at radius 3 is 2.63 bits per heavy atom. The maximum Gasteiger partial charge on any atom is 0.262 e. The molecule has 2 aromatic heterocycles. The molecule has 1 aromatic carbocycles. The van der Waals surface area contributed by atoms with Gasteiger partial charge in [0.05, 0.1) is 0 Å². The Kier molecular flexibility index (Phi) is 5.36. The van der Waals surface area contributed by atoms with Gasteiger partial charge in [-0.1, -0.05) is 24.4 Å². The Morgan fingerprint density at radius 2 is 1.89 bits per heavy atom. The van der Waals surface area contributed by atoms with E-state index in [2.05, 4.69) is 10.3 Å². The van der Waals surface area contributed by atoms with Crippen LogP contribution in [0.5, 0.6) is 0 Å². The van der Waals surface area contributed by atoms with Gasteiger partial charge in [-0.15, -0.1) is 11.8 Å². The molecular weight excluding hydrogens is 380 g/mol. The third kappa shape index (κ3) is 3.69. The molecule has 5 nitrogen and oxygen atoms in total. The molecule has 1 N–H and O–H groups in total. The standard InChI is InChI=1S/C20H21ClN4OS/c1-27-20-17(19(26)23-15-10-8-14(21)9-11-15)18-22-12-13-6-4-2-3-5-7-16(13)25(18)24-20/h8-12H,2-7H2,1H3,(H,23,26). The van der Waals surface area contributed by atoms with Crippen molar-refractivity contribution in [3.63, 3.8) is 0 Å². The number of carbonyl (C=O) groups is 1. The minimum Gasteiger partial charge on any atom is -0.322 e. The van der Waals surface area contributed by atoms with Gasteiger partial charge in [0.25, 0.3) is 5.91 Å². The van der Waals surface area contributed by atoms with E-state index in [0.29, 0.717) is 26.9 Å². The molecule has 3 aromatic rings. The van der Waals surface area contributed by atoms with Crippen molar-refractivity contribution in [2.24, 2.45) is 0 Å². The van der Waals surface area contributed by atoms with Gasteiger partial charge in [0.1, 0.15) is 10.6 Å². The minimum absolute atomic E-state index is 0.199. The Balaban J connectivity index is 1.76. The summed E-state index contributed by atoms with van der Waals surface area (Å²) in [4.78, 5) is 17.6. The zero-order chi connectivity index (χ0) is 18.8. The highest BCUT2D eigenvalue weighted by Gasteiger charge is 2.23. The molecule has 7 heteroatoms. The second-order valence-corrected chi connectivity index (χ2v) is 7.96. The first kappa shape index (κ1) is 18.3. The minimum atomic E-state index is -0.199. The van der Waals surface area contributed by atoms with Gasteiger partial charge in [-0.2, -0.15) is 5.10 Å². The van der Waals surface area contributed by atoms with Crippen LogP contribution in [0.1, 0.15) is 47.3 Å². The Hall–Kier alpha value is -2.05. The second kappa shape index (κ2) is 7.90. The molecule has 2 heterocycles. The normalized spacial score (nSPS) is 14.4. The van der Waals surface area contributed by atoms with E-state index in [4.69, 9.17) is 16.7 Å². The van der Waals surface area contributed by atoms with Crippen LogP contribution in [0.25, 0.3) is 5.65 Å². The van der Waals surface area contributed by atoms with Crippen molar-refractivity contribution in [1.29, 1.82) is 0 Å². The molecule has 0 saturated heterocycles. The molecule has 1 amide bonds. The predicted molar refractivity (Wildman–Crippen MR) is 110 cm³/mol. The summed E-state index contributed by atoms with van der Waals surface area (Å²) in [6.07, 6.45) is 10.7. The number of nitrogens with zero attached hydrogens (tertiary/aromatic N) is 3. The summed E-state index contributed by atoms with van der Waals surface area (Å²) in [5.41, 5.74) is 4.30. The monoisotopic (exact) mass is 400 g/mol. The second-order valence-electron chi connectivity index (χ2n) is 6.73. The summed E-state index contributed by atoms with van der Waals surface area (Å²) in [6.45, 7) is 0. The van der Waals surface area contributed by atoms with Gasteiger partial charge in [-0.25, -0.2) is 9.50 Å². The SMILES string of the molecule is CSc1nn2c3c(cnc2c1C(=O)Nc1ccc(Cl)cc1)CCCCCC3. The van der Waals surface area contributed by atoms with Crippen molar-refractivity contribution >= 4 is 40.6 Å². The average Bonchev–Trinajstić information content (AvgIpc) is 3.02. The summed E-state index contributed by atoms with van der Waals surface area (Å²) in [6, 6.07) is 7.08. The van der Waals surface area contributed by atoms with Crippen molar-refractivity contribution in [3.8, 4) is 0 Å². The first-order valence-corrected chi connectivity index (χ1v) is 10.8. The van der Waals surface area contributed by atoms with Crippen LogP contribution >= 0.6 is 23.4 Å². The van der Waals surface area contributed by atoms with Gasteiger partial charge >= 0.3 is 0 Å². The molecule has 0 bridgehead atoms. The molecule has 0 saturated carbocycles. The highest BCUT2D eigenvalue weighted by atomic mass is 35.5. The van der Waals surface area contributed by atoms with E-state index in [0.717, 1.165) is 19.3 Å². The smallest absolute Gasteiger partial charge is 0.262 e. The van der Waals surface area contributed by atoms with Crippen LogP contribution in [-0.2, 0) is 12.8 Å². The lowest BCUT2D eigenvalue weighted by atomic mass is 9.98. The molecule has 140 valence electrons. The lowest BCUT2D eigenvalue weighted by Gasteiger charge is -2.14. The highest BCUT2D eigenvalue weighted by Crippen LogP contribution is 2.28. The number of carbonyl (C=O) groups excluding carboxylic acids is 1. The number of hydrogen-bond acceptors (Lipinski definition) is 4. The van der Waals surface area contributed by atoms with E-state index in [1.807, 2.05) is 17.0 Å². The fraction of sp³-hybridized carbons (Fsp3) is 0.350.